The lowest BCUT2D eigenvalue weighted by atomic mass is 10.0. The molecule has 1 N–H and O–H groups in total. The molecular weight excluding hydrogens is 276 g/mol. The first-order valence-corrected chi connectivity index (χ1v) is 7.63. The molecule has 2 aromatic rings. The minimum absolute atomic E-state index is 0.135. The Morgan fingerprint density at radius 1 is 1.18 bits per heavy atom. The normalized spacial score (nSPS) is 15.6. The van der Waals surface area contributed by atoms with E-state index in [0.29, 0.717) is 6.04 Å². The molecular formula is C17H20N4O. The van der Waals surface area contributed by atoms with E-state index in [-0.39, 0.29) is 5.91 Å². The summed E-state index contributed by atoms with van der Waals surface area (Å²) in [6.07, 6.45) is 3.51. The second-order valence-electron chi connectivity index (χ2n) is 5.63. The molecule has 1 saturated heterocycles. The lowest BCUT2D eigenvalue weighted by Crippen LogP contribution is -2.42. The standard InChI is InChI=1S/C17H20N4O/c1-13-5-2-3-6-15(13)17(22)21-11-8-14(9-12-21)19-16-7-4-10-18-20-16/h2-7,10,14H,8-9,11-12H2,1H3,(H,19,20). The highest BCUT2D eigenvalue weighted by atomic mass is 16.2. The molecule has 114 valence electrons. The fourth-order valence-corrected chi connectivity index (χ4v) is 2.80. The monoisotopic (exact) mass is 296 g/mol. The van der Waals surface area contributed by atoms with Gasteiger partial charge >= 0.3 is 0 Å². The Labute approximate surface area is 130 Å². The van der Waals surface area contributed by atoms with Crippen LogP contribution >= 0.6 is 0 Å². The third kappa shape index (κ3) is 3.24. The van der Waals surface area contributed by atoms with Gasteiger partial charge in [-0.2, -0.15) is 5.10 Å². The second-order valence-corrected chi connectivity index (χ2v) is 5.63. The van der Waals surface area contributed by atoms with Crippen LogP contribution in [0.15, 0.2) is 42.6 Å². The van der Waals surface area contributed by atoms with Crippen molar-refractivity contribution in [2.75, 3.05) is 18.4 Å². The molecule has 1 fully saturated rings. The number of rotatable bonds is 3. The van der Waals surface area contributed by atoms with Crippen molar-refractivity contribution >= 4 is 11.7 Å². The number of carbonyl (C=O) groups is 1. The van der Waals surface area contributed by atoms with Gasteiger partial charge in [-0.15, -0.1) is 5.10 Å². The Balaban J connectivity index is 1.58. The molecule has 1 aromatic heterocycles. The topological polar surface area (TPSA) is 58.1 Å². The van der Waals surface area contributed by atoms with Crippen LogP contribution in [0.3, 0.4) is 0 Å². The van der Waals surface area contributed by atoms with Crippen LogP contribution in [0.5, 0.6) is 0 Å². The van der Waals surface area contributed by atoms with Crippen molar-refractivity contribution in [3.63, 3.8) is 0 Å². The van der Waals surface area contributed by atoms with E-state index in [9.17, 15) is 4.79 Å². The number of nitrogens with zero attached hydrogens (tertiary/aromatic N) is 3. The van der Waals surface area contributed by atoms with Gasteiger partial charge in [-0.1, -0.05) is 18.2 Å². The zero-order chi connectivity index (χ0) is 15.4. The minimum atomic E-state index is 0.135. The highest BCUT2D eigenvalue weighted by Crippen LogP contribution is 2.18. The maximum absolute atomic E-state index is 12.6. The summed E-state index contributed by atoms with van der Waals surface area (Å²) in [6.45, 7) is 3.52. The number of hydrogen-bond acceptors (Lipinski definition) is 4. The number of amides is 1. The van der Waals surface area contributed by atoms with E-state index < -0.39 is 0 Å². The highest BCUT2D eigenvalue weighted by Gasteiger charge is 2.24. The molecule has 0 aliphatic carbocycles. The van der Waals surface area contributed by atoms with Gasteiger partial charge in [-0.3, -0.25) is 4.79 Å². The van der Waals surface area contributed by atoms with E-state index in [1.54, 1.807) is 6.20 Å². The molecule has 0 radical (unpaired) electrons. The summed E-state index contributed by atoms with van der Waals surface area (Å²) in [5.41, 5.74) is 1.84. The van der Waals surface area contributed by atoms with E-state index in [1.807, 2.05) is 48.2 Å². The molecule has 0 bridgehead atoms. The zero-order valence-corrected chi connectivity index (χ0v) is 12.7. The number of anilines is 1. The van der Waals surface area contributed by atoms with Crippen molar-refractivity contribution in [3.8, 4) is 0 Å². The van der Waals surface area contributed by atoms with E-state index in [0.717, 1.165) is 42.9 Å². The maximum atomic E-state index is 12.6. The van der Waals surface area contributed by atoms with Crippen LogP contribution in [0.25, 0.3) is 0 Å². The average molecular weight is 296 g/mol. The van der Waals surface area contributed by atoms with E-state index in [2.05, 4.69) is 15.5 Å². The molecule has 22 heavy (non-hydrogen) atoms. The number of nitrogens with one attached hydrogen (secondary N) is 1. The van der Waals surface area contributed by atoms with Gasteiger partial charge in [-0.25, -0.2) is 0 Å². The van der Waals surface area contributed by atoms with E-state index in [4.69, 9.17) is 0 Å². The van der Waals surface area contributed by atoms with Crippen LogP contribution in [-0.4, -0.2) is 40.1 Å². The predicted octanol–water partition coefficient (Wildman–Crippen LogP) is 2.50. The molecule has 3 rings (SSSR count). The Morgan fingerprint density at radius 3 is 2.64 bits per heavy atom. The second kappa shape index (κ2) is 6.56. The van der Waals surface area contributed by atoms with Crippen LogP contribution in [0.4, 0.5) is 5.82 Å². The van der Waals surface area contributed by atoms with Crippen LogP contribution < -0.4 is 5.32 Å². The number of benzene rings is 1. The Morgan fingerprint density at radius 2 is 1.95 bits per heavy atom. The van der Waals surface area contributed by atoms with Gasteiger partial charge < -0.3 is 10.2 Å². The average Bonchev–Trinajstić information content (AvgIpc) is 2.56. The van der Waals surface area contributed by atoms with Gasteiger partial charge in [-0.05, 0) is 43.5 Å². The van der Waals surface area contributed by atoms with Crippen molar-refractivity contribution in [2.45, 2.75) is 25.8 Å². The molecule has 0 unspecified atom stereocenters. The molecule has 2 heterocycles. The lowest BCUT2D eigenvalue weighted by molar-refractivity contribution is 0.0717. The summed E-state index contributed by atoms with van der Waals surface area (Å²) in [5, 5.41) is 11.3. The predicted molar refractivity (Wildman–Crippen MR) is 85.8 cm³/mol. The molecule has 1 aromatic carbocycles. The number of carbonyl (C=O) groups excluding carboxylic acids is 1. The summed E-state index contributed by atoms with van der Waals surface area (Å²) >= 11 is 0. The first-order chi connectivity index (χ1) is 10.7. The molecule has 0 spiro atoms. The van der Waals surface area contributed by atoms with Gasteiger partial charge in [0.25, 0.3) is 5.91 Å². The van der Waals surface area contributed by atoms with Gasteiger partial charge in [0.1, 0.15) is 5.82 Å². The fourth-order valence-electron chi connectivity index (χ4n) is 2.80. The van der Waals surface area contributed by atoms with Gasteiger partial charge in [0.15, 0.2) is 0 Å². The van der Waals surface area contributed by atoms with Crippen LogP contribution in [0.2, 0.25) is 0 Å². The van der Waals surface area contributed by atoms with E-state index in [1.165, 1.54) is 0 Å². The Bertz CT molecular complexity index is 636. The smallest absolute Gasteiger partial charge is 0.254 e. The molecule has 0 atom stereocenters. The number of likely N-dealkylation sites (tertiary alicyclic amines) is 1. The third-order valence-corrected chi connectivity index (χ3v) is 4.08. The van der Waals surface area contributed by atoms with Gasteiger partial charge in [0.2, 0.25) is 0 Å². The minimum Gasteiger partial charge on any atom is -0.366 e. The zero-order valence-electron chi connectivity index (χ0n) is 12.7. The number of piperidine rings is 1. The van der Waals surface area contributed by atoms with Crippen molar-refractivity contribution in [2.24, 2.45) is 0 Å². The maximum Gasteiger partial charge on any atom is 0.254 e. The Kier molecular flexibility index (Phi) is 4.32. The number of aromatic nitrogens is 2. The van der Waals surface area contributed by atoms with Crippen LogP contribution in [-0.2, 0) is 0 Å². The summed E-state index contributed by atoms with van der Waals surface area (Å²) in [4.78, 5) is 14.5. The van der Waals surface area contributed by atoms with Crippen molar-refractivity contribution < 1.29 is 4.79 Å². The number of hydrogen-bond donors (Lipinski definition) is 1. The van der Waals surface area contributed by atoms with Crippen molar-refractivity contribution in [1.29, 1.82) is 0 Å². The molecule has 1 amide bonds. The SMILES string of the molecule is Cc1ccccc1C(=O)N1CCC(Nc2cccnn2)CC1. The van der Waals surface area contributed by atoms with Crippen molar-refractivity contribution in [3.05, 3.63) is 53.7 Å². The molecule has 1 aliphatic heterocycles. The summed E-state index contributed by atoms with van der Waals surface area (Å²) in [7, 11) is 0. The fraction of sp³-hybridized carbons (Fsp3) is 0.353. The first-order valence-electron chi connectivity index (χ1n) is 7.63. The van der Waals surface area contributed by atoms with Gasteiger partial charge in [0.05, 0.1) is 0 Å². The highest BCUT2D eigenvalue weighted by molar-refractivity contribution is 5.95. The van der Waals surface area contributed by atoms with Gasteiger partial charge in [0, 0.05) is 30.9 Å². The molecule has 5 heteroatoms. The van der Waals surface area contributed by atoms with Crippen LogP contribution in [0.1, 0.15) is 28.8 Å². The molecule has 5 nitrogen and oxygen atoms in total. The lowest BCUT2D eigenvalue weighted by Gasteiger charge is -2.32. The first kappa shape index (κ1) is 14.5. The third-order valence-electron chi connectivity index (χ3n) is 4.08. The summed E-state index contributed by atoms with van der Waals surface area (Å²) < 4.78 is 0. The largest absolute Gasteiger partial charge is 0.366 e. The van der Waals surface area contributed by atoms with Crippen molar-refractivity contribution in [1.82, 2.24) is 15.1 Å². The molecule has 0 saturated carbocycles. The van der Waals surface area contributed by atoms with E-state index >= 15 is 0 Å². The summed E-state index contributed by atoms with van der Waals surface area (Å²) in [6, 6.07) is 11.9. The number of aryl methyl sites for hydroxylation is 1. The quantitative estimate of drug-likeness (QED) is 0.945. The summed E-state index contributed by atoms with van der Waals surface area (Å²) in [5.74, 6) is 0.933. The molecule has 1 aliphatic rings. The Hall–Kier alpha value is -2.43. The van der Waals surface area contributed by atoms with Crippen LogP contribution in [0, 0.1) is 6.92 Å².